The van der Waals surface area contributed by atoms with E-state index in [-0.39, 0.29) is 11.7 Å². The number of anilines is 3. The number of nitrogens with one attached hydrogen (secondary N) is 3. The molecule has 27 heavy (non-hydrogen) atoms. The largest absolute Gasteiger partial charge is 0.497 e. The Morgan fingerprint density at radius 3 is 2.78 bits per heavy atom. The second-order valence-corrected chi connectivity index (χ2v) is 7.47. The van der Waals surface area contributed by atoms with E-state index in [1.54, 1.807) is 7.11 Å². The highest BCUT2D eigenvalue weighted by Gasteiger charge is 2.40. The second-order valence-electron chi connectivity index (χ2n) is 7.47. The molecule has 1 aromatic carbocycles. The number of carbonyl (C=O) groups excluding carboxylic acids is 1. The van der Waals surface area contributed by atoms with Gasteiger partial charge in [-0.15, -0.1) is 0 Å². The second kappa shape index (κ2) is 7.31. The smallest absolute Gasteiger partial charge is 0.225 e. The fourth-order valence-corrected chi connectivity index (χ4v) is 4.50. The first-order valence-electron chi connectivity index (χ1n) is 9.35. The molecule has 140 valence electrons. The highest BCUT2D eigenvalue weighted by atomic mass is 16.5. The zero-order chi connectivity index (χ0) is 18.8. The van der Waals surface area contributed by atoms with E-state index in [1.807, 2.05) is 24.3 Å². The maximum atomic E-state index is 12.4. The summed E-state index contributed by atoms with van der Waals surface area (Å²) in [6, 6.07) is 9.44. The van der Waals surface area contributed by atoms with Gasteiger partial charge in [-0.05, 0) is 61.3 Å². The molecule has 7 heteroatoms. The monoisotopic (exact) mass is 365 g/mol. The van der Waals surface area contributed by atoms with Crippen LogP contribution >= 0.6 is 0 Å². The topological polar surface area (TPSA) is 103 Å². The Morgan fingerprint density at radius 1 is 1.33 bits per heavy atom. The Morgan fingerprint density at radius 2 is 2.15 bits per heavy atom. The number of aromatic amines is 1. The summed E-state index contributed by atoms with van der Waals surface area (Å²) >= 11 is 0. The van der Waals surface area contributed by atoms with Gasteiger partial charge >= 0.3 is 0 Å². The maximum Gasteiger partial charge on any atom is 0.225 e. The predicted molar refractivity (Wildman–Crippen MR) is 102 cm³/mol. The first-order valence-corrected chi connectivity index (χ1v) is 9.35. The van der Waals surface area contributed by atoms with Gasteiger partial charge in [0.05, 0.1) is 7.11 Å². The van der Waals surface area contributed by atoms with Crippen LogP contribution in [0.4, 0.5) is 17.3 Å². The summed E-state index contributed by atoms with van der Waals surface area (Å²) in [4.78, 5) is 12.4. The van der Waals surface area contributed by atoms with Gasteiger partial charge in [0, 0.05) is 12.1 Å². The Hall–Kier alpha value is -3.01. The molecule has 0 unspecified atom stereocenters. The third-order valence-corrected chi connectivity index (χ3v) is 5.83. The third-order valence-electron chi connectivity index (χ3n) is 5.83. The number of nitrogens with zero attached hydrogens (tertiary/aromatic N) is 2. The number of amides is 1. The molecule has 7 nitrogen and oxygen atoms in total. The average molecular weight is 365 g/mol. The molecule has 2 aromatic rings. The Bertz CT molecular complexity index is 867. The Balaban J connectivity index is 1.41. The predicted octanol–water partition coefficient (Wildman–Crippen LogP) is 3.80. The zero-order valence-electron chi connectivity index (χ0n) is 15.3. The molecule has 0 saturated heterocycles. The van der Waals surface area contributed by atoms with Gasteiger partial charge in [0.15, 0.2) is 5.82 Å². The van der Waals surface area contributed by atoms with Crippen molar-refractivity contribution in [3.05, 3.63) is 29.8 Å². The highest BCUT2D eigenvalue weighted by Crippen LogP contribution is 2.49. The van der Waals surface area contributed by atoms with E-state index in [2.05, 4.69) is 26.9 Å². The Labute approximate surface area is 158 Å². The highest BCUT2D eigenvalue weighted by molar-refractivity contribution is 5.92. The molecule has 2 bridgehead atoms. The first kappa shape index (κ1) is 17.4. The van der Waals surface area contributed by atoms with Crippen LogP contribution in [0.5, 0.6) is 5.75 Å². The van der Waals surface area contributed by atoms with Crippen molar-refractivity contribution in [1.29, 1.82) is 5.26 Å². The molecule has 2 aliphatic carbocycles. The molecule has 4 rings (SSSR count). The van der Waals surface area contributed by atoms with E-state index >= 15 is 0 Å². The summed E-state index contributed by atoms with van der Waals surface area (Å²) in [5.74, 6) is 3.41. The number of hydrogen-bond donors (Lipinski definition) is 3. The number of rotatable bonds is 6. The third kappa shape index (κ3) is 3.61. The van der Waals surface area contributed by atoms with Gasteiger partial charge in [0.25, 0.3) is 0 Å². The van der Waals surface area contributed by atoms with Crippen LogP contribution in [0.1, 0.15) is 37.7 Å². The van der Waals surface area contributed by atoms with Crippen molar-refractivity contribution in [3.8, 4) is 11.8 Å². The van der Waals surface area contributed by atoms with E-state index in [4.69, 9.17) is 4.74 Å². The van der Waals surface area contributed by atoms with Crippen LogP contribution < -0.4 is 15.4 Å². The molecule has 3 atom stereocenters. The molecule has 2 fully saturated rings. The lowest BCUT2D eigenvalue weighted by Gasteiger charge is -2.20. The van der Waals surface area contributed by atoms with Crippen molar-refractivity contribution in [2.75, 3.05) is 17.7 Å². The van der Waals surface area contributed by atoms with Gasteiger partial charge in [-0.25, -0.2) is 0 Å². The van der Waals surface area contributed by atoms with Crippen LogP contribution in [0.2, 0.25) is 0 Å². The first-order chi connectivity index (χ1) is 13.2. The van der Waals surface area contributed by atoms with Gasteiger partial charge in [-0.1, -0.05) is 6.42 Å². The summed E-state index contributed by atoms with van der Waals surface area (Å²) < 4.78 is 5.14. The molecule has 1 aromatic heterocycles. The van der Waals surface area contributed by atoms with Gasteiger partial charge in [-0.3, -0.25) is 9.89 Å². The van der Waals surface area contributed by atoms with Crippen LogP contribution in [-0.2, 0) is 4.79 Å². The van der Waals surface area contributed by atoms with Gasteiger partial charge in [0.2, 0.25) is 5.91 Å². The molecule has 0 radical (unpaired) electrons. The van der Waals surface area contributed by atoms with Gasteiger partial charge < -0.3 is 15.4 Å². The number of carbonyl (C=O) groups is 1. The van der Waals surface area contributed by atoms with Crippen molar-refractivity contribution in [2.24, 2.45) is 17.8 Å². The molecule has 1 heterocycles. The van der Waals surface area contributed by atoms with Gasteiger partial charge in [-0.2, -0.15) is 10.4 Å². The minimum Gasteiger partial charge on any atom is -0.497 e. The summed E-state index contributed by atoms with van der Waals surface area (Å²) in [6.07, 6.45) is 5.53. The fourth-order valence-electron chi connectivity index (χ4n) is 4.50. The van der Waals surface area contributed by atoms with Crippen LogP contribution in [0, 0.1) is 29.1 Å². The van der Waals surface area contributed by atoms with E-state index in [0.717, 1.165) is 23.8 Å². The standard InChI is InChI=1S/C20H23N5O2/c1-27-16-6-4-15(5-7-16)22-19-17(11-21)20(25-24-19)23-18(26)10-14-9-12-2-3-13(14)8-12/h4-7,12-14H,2-3,8-10H2,1H3,(H3,22,23,24,25,26)/t12-,13-,14-/m1/s1. The summed E-state index contributed by atoms with van der Waals surface area (Å²) in [6.45, 7) is 0. The number of H-pyrrole nitrogens is 1. The molecule has 0 aliphatic heterocycles. The number of methoxy groups -OCH3 is 1. The molecule has 1 amide bonds. The van der Waals surface area contributed by atoms with Crippen LogP contribution in [-0.4, -0.2) is 23.2 Å². The van der Waals surface area contributed by atoms with Crippen LogP contribution in [0.15, 0.2) is 24.3 Å². The van der Waals surface area contributed by atoms with Gasteiger partial charge in [0.1, 0.15) is 23.2 Å². The lowest BCUT2D eigenvalue weighted by molar-refractivity contribution is -0.117. The van der Waals surface area contributed by atoms with E-state index in [1.165, 1.54) is 19.3 Å². The Kier molecular flexibility index (Phi) is 4.71. The molecule has 3 N–H and O–H groups in total. The average Bonchev–Trinajstić information content (AvgIpc) is 3.38. The normalized spacial score (nSPS) is 23.0. The summed E-state index contributed by atoms with van der Waals surface area (Å²) in [7, 11) is 1.61. The van der Waals surface area contributed by atoms with Crippen molar-refractivity contribution in [1.82, 2.24) is 10.2 Å². The SMILES string of the molecule is COc1ccc(Nc2[nH]nc(NC(=O)C[C@H]3C[C@@H]4CC[C@@H]3C4)c2C#N)cc1. The number of nitriles is 1. The summed E-state index contributed by atoms with van der Waals surface area (Å²) in [5.41, 5.74) is 1.09. The van der Waals surface area contributed by atoms with Crippen molar-refractivity contribution < 1.29 is 9.53 Å². The van der Waals surface area contributed by atoms with Crippen molar-refractivity contribution in [3.63, 3.8) is 0 Å². The fraction of sp³-hybridized carbons (Fsp3) is 0.450. The summed E-state index contributed by atoms with van der Waals surface area (Å²) in [5, 5.41) is 22.3. The number of aromatic nitrogens is 2. The molecule has 2 saturated carbocycles. The number of fused-ring (bicyclic) bond motifs is 2. The molecular weight excluding hydrogens is 342 g/mol. The molecule has 0 spiro atoms. The van der Waals surface area contributed by atoms with Crippen molar-refractivity contribution in [2.45, 2.75) is 32.1 Å². The van der Waals surface area contributed by atoms with Crippen molar-refractivity contribution >= 4 is 23.2 Å². The zero-order valence-corrected chi connectivity index (χ0v) is 15.3. The molecular formula is C20H23N5O2. The number of ether oxygens (including phenoxy) is 1. The van der Waals surface area contributed by atoms with E-state index in [0.29, 0.717) is 29.6 Å². The molecule has 2 aliphatic rings. The van der Waals surface area contributed by atoms with E-state index < -0.39 is 0 Å². The van der Waals surface area contributed by atoms with Crippen LogP contribution in [0.25, 0.3) is 0 Å². The maximum absolute atomic E-state index is 12.4. The lowest BCUT2D eigenvalue weighted by atomic mass is 9.86. The van der Waals surface area contributed by atoms with E-state index in [9.17, 15) is 10.1 Å². The van der Waals surface area contributed by atoms with Crippen LogP contribution in [0.3, 0.4) is 0 Å². The lowest BCUT2D eigenvalue weighted by Crippen LogP contribution is -2.20. The minimum atomic E-state index is -0.0634. The minimum absolute atomic E-state index is 0.0634. The quantitative estimate of drug-likeness (QED) is 0.722. The number of hydrogen-bond acceptors (Lipinski definition) is 5. The number of benzene rings is 1.